The molecule has 1 aliphatic rings. The average molecular weight is 183 g/mol. The maximum Gasteiger partial charge on any atom is 0.152 e. The molecule has 1 saturated carbocycles. The molecule has 1 fully saturated rings. The van der Waals surface area contributed by atoms with Crippen LogP contribution in [0.4, 0.5) is 0 Å². The number of likely N-dealkylation sites (N-methyl/N-ethyl adjacent to an activating group) is 1. The van der Waals surface area contributed by atoms with Gasteiger partial charge in [0.2, 0.25) is 0 Å². The fourth-order valence-corrected chi connectivity index (χ4v) is 2.49. The first kappa shape index (κ1) is 10.7. The predicted molar refractivity (Wildman–Crippen MR) is 54.7 cm³/mol. The Morgan fingerprint density at radius 2 is 1.85 bits per heavy atom. The summed E-state index contributed by atoms with van der Waals surface area (Å²) in [6.07, 6.45) is 2.68. The van der Waals surface area contributed by atoms with Gasteiger partial charge in [-0.05, 0) is 31.7 Å². The van der Waals surface area contributed by atoms with Crippen molar-refractivity contribution >= 4 is 5.78 Å². The lowest BCUT2D eigenvalue weighted by molar-refractivity contribution is -0.125. The number of carbonyl (C=O) groups is 1. The Balaban J connectivity index is 2.79. The molecule has 0 amide bonds. The van der Waals surface area contributed by atoms with Crippen LogP contribution in [-0.2, 0) is 4.79 Å². The lowest BCUT2D eigenvalue weighted by atomic mass is 9.89. The molecule has 0 aromatic rings. The van der Waals surface area contributed by atoms with E-state index in [1.807, 2.05) is 14.0 Å². The smallest absolute Gasteiger partial charge is 0.152 e. The Kier molecular flexibility index (Phi) is 3.12. The highest BCUT2D eigenvalue weighted by Gasteiger charge is 2.44. The van der Waals surface area contributed by atoms with Crippen molar-refractivity contribution in [2.75, 3.05) is 7.05 Å². The van der Waals surface area contributed by atoms with Gasteiger partial charge in [0.25, 0.3) is 0 Å². The molecule has 0 heterocycles. The number of ketones is 1. The third kappa shape index (κ3) is 1.78. The average Bonchev–Trinajstić information content (AvgIpc) is 2.42. The van der Waals surface area contributed by atoms with Crippen molar-refractivity contribution in [1.82, 2.24) is 5.32 Å². The number of carbonyl (C=O) groups excluding carboxylic acids is 1. The van der Waals surface area contributed by atoms with Gasteiger partial charge in [-0.15, -0.1) is 0 Å². The van der Waals surface area contributed by atoms with Crippen LogP contribution < -0.4 is 5.32 Å². The second-order valence-electron chi connectivity index (χ2n) is 4.47. The molecular formula is C11H21NO. The Morgan fingerprint density at radius 1 is 1.38 bits per heavy atom. The van der Waals surface area contributed by atoms with Gasteiger partial charge >= 0.3 is 0 Å². The van der Waals surface area contributed by atoms with E-state index in [1.165, 1.54) is 0 Å². The third-order valence-corrected chi connectivity index (χ3v) is 3.65. The van der Waals surface area contributed by atoms with Crippen LogP contribution in [0.25, 0.3) is 0 Å². The van der Waals surface area contributed by atoms with Crippen LogP contribution in [-0.4, -0.2) is 18.4 Å². The number of nitrogens with one attached hydrogen (secondary N) is 1. The first-order valence-corrected chi connectivity index (χ1v) is 5.28. The summed E-state index contributed by atoms with van der Waals surface area (Å²) < 4.78 is 0. The lowest BCUT2D eigenvalue weighted by Crippen LogP contribution is -2.48. The highest BCUT2D eigenvalue weighted by Crippen LogP contribution is 2.39. The predicted octanol–water partition coefficient (Wildman–Crippen LogP) is 1.99. The first-order valence-electron chi connectivity index (χ1n) is 5.28. The van der Waals surface area contributed by atoms with Crippen LogP contribution in [0.3, 0.4) is 0 Å². The van der Waals surface area contributed by atoms with Gasteiger partial charge in [-0.2, -0.15) is 0 Å². The van der Waals surface area contributed by atoms with Crippen molar-refractivity contribution in [2.45, 2.75) is 45.6 Å². The SMILES string of the molecule is CCC(=O)C1(NC)CC(C)C(C)C1. The molecule has 0 saturated heterocycles. The van der Waals surface area contributed by atoms with E-state index in [-0.39, 0.29) is 5.54 Å². The number of rotatable bonds is 3. The van der Waals surface area contributed by atoms with E-state index in [9.17, 15) is 4.79 Å². The van der Waals surface area contributed by atoms with Crippen LogP contribution in [0, 0.1) is 11.8 Å². The molecule has 0 aromatic carbocycles. The van der Waals surface area contributed by atoms with Crippen molar-refractivity contribution in [1.29, 1.82) is 0 Å². The summed E-state index contributed by atoms with van der Waals surface area (Å²) in [5.41, 5.74) is -0.201. The van der Waals surface area contributed by atoms with E-state index in [2.05, 4.69) is 19.2 Å². The summed E-state index contributed by atoms with van der Waals surface area (Å²) in [6, 6.07) is 0. The molecule has 0 aromatic heterocycles. The molecule has 0 aliphatic heterocycles. The van der Waals surface area contributed by atoms with Crippen molar-refractivity contribution < 1.29 is 4.79 Å². The summed E-state index contributed by atoms with van der Waals surface area (Å²) >= 11 is 0. The van der Waals surface area contributed by atoms with Crippen molar-refractivity contribution in [3.63, 3.8) is 0 Å². The normalized spacial score (nSPS) is 39.4. The Morgan fingerprint density at radius 3 is 2.15 bits per heavy atom. The molecular weight excluding hydrogens is 162 g/mol. The molecule has 2 nitrogen and oxygen atoms in total. The molecule has 2 unspecified atom stereocenters. The minimum absolute atomic E-state index is 0.201. The zero-order valence-corrected chi connectivity index (χ0v) is 9.18. The highest BCUT2D eigenvalue weighted by atomic mass is 16.1. The Labute approximate surface area is 81.1 Å². The summed E-state index contributed by atoms with van der Waals surface area (Å²) in [6.45, 7) is 6.44. The quantitative estimate of drug-likeness (QED) is 0.725. The molecule has 0 radical (unpaired) electrons. The van der Waals surface area contributed by atoms with Crippen LogP contribution in [0.2, 0.25) is 0 Å². The van der Waals surface area contributed by atoms with Crippen LogP contribution in [0.15, 0.2) is 0 Å². The first-order chi connectivity index (χ1) is 6.05. The minimum atomic E-state index is -0.201. The van der Waals surface area contributed by atoms with Gasteiger partial charge in [-0.1, -0.05) is 20.8 Å². The second-order valence-corrected chi connectivity index (χ2v) is 4.47. The van der Waals surface area contributed by atoms with Gasteiger partial charge in [0.05, 0.1) is 5.54 Å². The maximum atomic E-state index is 11.8. The molecule has 1 aliphatic carbocycles. The van der Waals surface area contributed by atoms with Crippen molar-refractivity contribution in [3.05, 3.63) is 0 Å². The topological polar surface area (TPSA) is 29.1 Å². The molecule has 0 bridgehead atoms. The molecule has 1 rings (SSSR count). The zero-order valence-electron chi connectivity index (χ0n) is 9.18. The zero-order chi connectivity index (χ0) is 10.1. The van der Waals surface area contributed by atoms with E-state index in [1.54, 1.807) is 0 Å². The Hall–Kier alpha value is -0.370. The van der Waals surface area contributed by atoms with Crippen molar-refractivity contribution in [3.8, 4) is 0 Å². The van der Waals surface area contributed by atoms with Gasteiger partial charge in [0.15, 0.2) is 5.78 Å². The Bertz CT molecular complexity index is 190. The van der Waals surface area contributed by atoms with Crippen LogP contribution in [0.1, 0.15) is 40.0 Å². The number of hydrogen-bond donors (Lipinski definition) is 1. The van der Waals surface area contributed by atoms with E-state index >= 15 is 0 Å². The standard InChI is InChI=1S/C11H21NO/c1-5-10(13)11(12-4)6-8(2)9(3)7-11/h8-9,12H,5-7H2,1-4H3. The molecule has 13 heavy (non-hydrogen) atoms. The molecule has 76 valence electrons. The summed E-state index contributed by atoms with van der Waals surface area (Å²) in [7, 11) is 1.92. The highest BCUT2D eigenvalue weighted by molar-refractivity contribution is 5.88. The molecule has 2 atom stereocenters. The second kappa shape index (κ2) is 3.79. The van der Waals surface area contributed by atoms with Gasteiger partial charge in [-0.3, -0.25) is 4.79 Å². The molecule has 1 N–H and O–H groups in total. The van der Waals surface area contributed by atoms with Gasteiger partial charge < -0.3 is 5.32 Å². The van der Waals surface area contributed by atoms with Gasteiger partial charge in [0.1, 0.15) is 0 Å². The van der Waals surface area contributed by atoms with E-state index in [0.717, 1.165) is 12.8 Å². The van der Waals surface area contributed by atoms with E-state index in [4.69, 9.17) is 0 Å². The number of hydrogen-bond acceptors (Lipinski definition) is 2. The van der Waals surface area contributed by atoms with E-state index < -0.39 is 0 Å². The summed E-state index contributed by atoms with van der Waals surface area (Å²) in [5, 5.41) is 3.24. The number of Topliss-reactive ketones (excluding diaryl/α,β-unsaturated/α-hetero) is 1. The van der Waals surface area contributed by atoms with Crippen LogP contribution >= 0.6 is 0 Å². The fraction of sp³-hybridized carbons (Fsp3) is 0.909. The minimum Gasteiger partial charge on any atom is -0.308 e. The van der Waals surface area contributed by atoms with Gasteiger partial charge in [-0.25, -0.2) is 0 Å². The van der Waals surface area contributed by atoms with Crippen molar-refractivity contribution in [2.24, 2.45) is 11.8 Å². The third-order valence-electron chi connectivity index (χ3n) is 3.65. The molecule has 0 spiro atoms. The summed E-state index contributed by atoms with van der Waals surface area (Å²) in [4.78, 5) is 11.8. The monoisotopic (exact) mass is 183 g/mol. The molecule has 2 heteroatoms. The summed E-state index contributed by atoms with van der Waals surface area (Å²) in [5.74, 6) is 1.72. The van der Waals surface area contributed by atoms with Gasteiger partial charge in [0, 0.05) is 6.42 Å². The van der Waals surface area contributed by atoms with Crippen LogP contribution in [0.5, 0.6) is 0 Å². The lowest BCUT2D eigenvalue weighted by Gasteiger charge is -2.26. The van der Waals surface area contributed by atoms with E-state index in [0.29, 0.717) is 24.0 Å². The maximum absolute atomic E-state index is 11.8. The fourth-order valence-electron chi connectivity index (χ4n) is 2.49. The largest absolute Gasteiger partial charge is 0.308 e.